The molecule has 384 valence electrons. The number of carbonyl (C=O) groups is 2. The van der Waals surface area contributed by atoms with Crippen LogP contribution in [0.1, 0.15) is 232 Å². The van der Waals surface area contributed by atoms with Crippen LogP contribution >= 0.6 is 7.82 Å². The van der Waals surface area contributed by atoms with Crippen molar-refractivity contribution in [3.8, 4) is 0 Å². The topological polar surface area (TPSA) is 108 Å². The van der Waals surface area contributed by atoms with Gasteiger partial charge < -0.3 is 18.9 Å². The summed E-state index contributed by atoms with van der Waals surface area (Å²) in [5, 5.41) is 0. The Morgan fingerprint density at radius 1 is 0.485 bits per heavy atom. The molecule has 0 aliphatic carbocycles. The molecule has 0 amide bonds. The molecule has 0 spiro atoms. The summed E-state index contributed by atoms with van der Waals surface area (Å²) < 4.78 is 34.5. The maximum Gasteiger partial charge on any atom is 0.472 e. The fourth-order valence-electron chi connectivity index (χ4n) is 7.40. The Morgan fingerprint density at radius 2 is 0.864 bits per heavy atom. The van der Waals surface area contributed by atoms with Crippen LogP contribution in [0.5, 0.6) is 0 Å². The molecule has 0 aromatic heterocycles. The molecule has 0 saturated heterocycles. The Labute approximate surface area is 406 Å². The van der Waals surface area contributed by atoms with Crippen molar-refractivity contribution < 1.29 is 42.1 Å². The molecule has 2 atom stereocenters. The van der Waals surface area contributed by atoms with Gasteiger partial charge in [0.15, 0.2) is 6.10 Å². The summed E-state index contributed by atoms with van der Waals surface area (Å²) in [7, 11) is 1.47. The lowest BCUT2D eigenvalue weighted by molar-refractivity contribution is -0.870. The standard InChI is InChI=1S/C56H102NO8P/c1-6-8-10-12-14-16-18-20-22-24-26-27-28-29-31-33-35-37-39-41-43-45-47-49-56(59)65-54(53-64-66(60,61)63-51-50-57(3,4)5)52-62-55(58)48-46-44-42-40-38-36-34-32-30-25-23-21-19-17-15-13-11-9-7-2/h8,10,14,16,20,22,26-27,29,31,54H,6-7,9,11-13,15,17-19,21,23-25,28,30,32-53H2,1-5H3/p+1/b10-8-,16-14-,22-20-,27-26-,31-29-. The second-order valence-electron chi connectivity index (χ2n) is 19.2. The van der Waals surface area contributed by atoms with E-state index in [-0.39, 0.29) is 32.0 Å². The molecule has 2 unspecified atom stereocenters. The fourth-order valence-corrected chi connectivity index (χ4v) is 8.14. The van der Waals surface area contributed by atoms with Crippen molar-refractivity contribution in [2.45, 2.75) is 238 Å². The summed E-state index contributed by atoms with van der Waals surface area (Å²) in [5.74, 6) is -0.804. The predicted octanol–water partition coefficient (Wildman–Crippen LogP) is 16.4. The molecule has 0 aromatic carbocycles. The Bertz CT molecular complexity index is 1300. The summed E-state index contributed by atoms with van der Waals surface area (Å²) in [6.07, 6.45) is 59.9. The van der Waals surface area contributed by atoms with Gasteiger partial charge in [-0.15, -0.1) is 0 Å². The van der Waals surface area contributed by atoms with Crippen LogP contribution in [0.4, 0.5) is 0 Å². The maximum atomic E-state index is 12.8. The van der Waals surface area contributed by atoms with Crippen LogP contribution in [0, 0.1) is 0 Å². The molecule has 0 rings (SSSR count). The molecule has 1 N–H and O–H groups in total. The third-order valence-electron chi connectivity index (χ3n) is 11.6. The van der Waals surface area contributed by atoms with Crippen LogP contribution in [0.15, 0.2) is 60.8 Å². The molecular formula is C56H103NO8P+. The number of rotatable bonds is 49. The number of ether oxygens (including phenoxy) is 2. The largest absolute Gasteiger partial charge is 0.472 e. The molecule has 0 fully saturated rings. The number of allylic oxidation sites excluding steroid dienone is 10. The first kappa shape index (κ1) is 63.7. The first-order valence-electron chi connectivity index (χ1n) is 27.0. The molecule has 0 radical (unpaired) electrons. The van der Waals surface area contributed by atoms with Crippen molar-refractivity contribution in [1.82, 2.24) is 0 Å². The van der Waals surface area contributed by atoms with Gasteiger partial charge in [0.05, 0.1) is 27.7 Å². The molecular weight excluding hydrogens is 846 g/mol. The Hall–Kier alpha value is -2.29. The smallest absolute Gasteiger partial charge is 0.462 e. The van der Waals surface area contributed by atoms with E-state index in [1.165, 1.54) is 122 Å². The van der Waals surface area contributed by atoms with Crippen molar-refractivity contribution in [3.05, 3.63) is 60.8 Å². The summed E-state index contributed by atoms with van der Waals surface area (Å²) in [6, 6.07) is 0. The van der Waals surface area contributed by atoms with Crippen LogP contribution in [0.25, 0.3) is 0 Å². The van der Waals surface area contributed by atoms with Crippen LogP contribution in [0.3, 0.4) is 0 Å². The van der Waals surface area contributed by atoms with Gasteiger partial charge in [-0.25, -0.2) is 4.57 Å². The van der Waals surface area contributed by atoms with Crippen molar-refractivity contribution >= 4 is 19.8 Å². The second kappa shape index (κ2) is 47.8. The van der Waals surface area contributed by atoms with Crippen LogP contribution < -0.4 is 0 Å². The van der Waals surface area contributed by atoms with Gasteiger partial charge in [-0.05, 0) is 57.8 Å². The molecule has 0 aromatic rings. The number of nitrogens with zero attached hydrogens (tertiary/aromatic N) is 1. The van der Waals surface area contributed by atoms with E-state index in [4.69, 9.17) is 18.5 Å². The van der Waals surface area contributed by atoms with Gasteiger partial charge in [0, 0.05) is 12.8 Å². The normalized spacial score (nSPS) is 13.8. The number of unbranched alkanes of at least 4 members (excludes halogenated alkanes) is 25. The molecule has 0 heterocycles. The second-order valence-corrected chi connectivity index (χ2v) is 20.7. The monoisotopic (exact) mass is 949 g/mol. The maximum absolute atomic E-state index is 12.8. The highest BCUT2D eigenvalue weighted by Crippen LogP contribution is 2.43. The molecule has 0 saturated carbocycles. The van der Waals surface area contributed by atoms with Gasteiger partial charge in [-0.3, -0.25) is 18.6 Å². The van der Waals surface area contributed by atoms with Crippen molar-refractivity contribution in [3.63, 3.8) is 0 Å². The van der Waals surface area contributed by atoms with Crippen LogP contribution in [-0.2, 0) is 32.7 Å². The average Bonchev–Trinajstić information content (AvgIpc) is 3.27. The van der Waals surface area contributed by atoms with E-state index in [1.807, 2.05) is 21.1 Å². The van der Waals surface area contributed by atoms with Crippen molar-refractivity contribution in [2.24, 2.45) is 0 Å². The summed E-state index contributed by atoms with van der Waals surface area (Å²) in [5.41, 5.74) is 0. The minimum atomic E-state index is -4.39. The Morgan fingerprint density at radius 3 is 1.29 bits per heavy atom. The lowest BCUT2D eigenvalue weighted by Gasteiger charge is -2.24. The number of hydrogen-bond donors (Lipinski definition) is 1. The minimum absolute atomic E-state index is 0.0282. The number of quaternary nitrogens is 1. The lowest BCUT2D eigenvalue weighted by atomic mass is 10.0. The van der Waals surface area contributed by atoms with E-state index < -0.39 is 26.5 Å². The highest BCUT2D eigenvalue weighted by atomic mass is 31.2. The molecule has 66 heavy (non-hydrogen) atoms. The molecule has 0 aliphatic rings. The minimum Gasteiger partial charge on any atom is -0.462 e. The zero-order valence-corrected chi connectivity index (χ0v) is 44.3. The third-order valence-corrected chi connectivity index (χ3v) is 12.5. The summed E-state index contributed by atoms with van der Waals surface area (Å²) >= 11 is 0. The molecule has 0 bridgehead atoms. The van der Waals surface area contributed by atoms with Gasteiger partial charge in [-0.1, -0.05) is 222 Å². The first-order valence-corrected chi connectivity index (χ1v) is 28.5. The lowest BCUT2D eigenvalue weighted by Crippen LogP contribution is -2.37. The molecule has 9 nitrogen and oxygen atoms in total. The van der Waals surface area contributed by atoms with Crippen LogP contribution in [0.2, 0.25) is 0 Å². The Kier molecular flexibility index (Phi) is 46.1. The summed E-state index contributed by atoms with van der Waals surface area (Å²) in [6.45, 7) is 4.33. The summed E-state index contributed by atoms with van der Waals surface area (Å²) in [4.78, 5) is 35.6. The number of carbonyl (C=O) groups excluding carboxylic acids is 2. The van der Waals surface area contributed by atoms with Crippen LogP contribution in [-0.4, -0.2) is 74.9 Å². The van der Waals surface area contributed by atoms with Crippen molar-refractivity contribution in [2.75, 3.05) is 47.5 Å². The van der Waals surface area contributed by atoms with E-state index in [2.05, 4.69) is 74.6 Å². The Balaban J connectivity index is 4.24. The van der Waals surface area contributed by atoms with Gasteiger partial charge in [0.25, 0.3) is 0 Å². The highest BCUT2D eigenvalue weighted by molar-refractivity contribution is 7.47. The molecule has 0 aliphatic heterocycles. The van der Waals surface area contributed by atoms with Gasteiger partial charge >= 0.3 is 19.8 Å². The van der Waals surface area contributed by atoms with E-state index in [1.54, 1.807) is 0 Å². The molecule has 10 heteroatoms. The zero-order valence-electron chi connectivity index (χ0n) is 43.4. The van der Waals surface area contributed by atoms with E-state index in [0.29, 0.717) is 17.4 Å². The number of likely N-dealkylation sites (N-methyl/N-ethyl adjacent to an activating group) is 1. The van der Waals surface area contributed by atoms with E-state index >= 15 is 0 Å². The van der Waals surface area contributed by atoms with Gasteiger partial charge in [0.2, 0.25) is 0 Å². The number of phosphoric ester groups is 1. The first-order chi connectivity index (χ1) is 32.0. The van der Waals surface area contributed by atoms with Gasteiger partial charge in [-0.2, -0.15) is 0 Å². The van der Waals surface area contributed by atoms with Gasteiger partial charge in [0.1, 0.15) is 19.8 Å². The number of phosphoric acid groups is 1. The zero-order chi connectivity index (χ0) is 48.5. The van der Waals surface area contributed by atoms with Crippen molar-refractivity contribution in [1.29, 1.82) is 0 Å². The van der Waals surface area contributed by atoms with E-state index in [9.17, 15) is 19.0 Å². The predicted molar refractivity (Wildman–Crippen MR) is 279 cm³/mol. The fraction of sp³-hybridized carbons (Fsp3) is 0.786. The number of esters is 2. The SMILES string of the molecule is CC/C=C\C/C=C\C/C=C\C/C=C\C/C=C\CCCCCCCCCC(=O)OC(COC(=O)CCCCCCCCCCCCCCCCCCCCC)COP(=O)(O)OCC[N+](C)(C)C. The quantitative estimate of drug-likeness (QED) is 0.0211. The average molecular weight is 949 g/mol. The number of hydrogen-bond acceptors (Lipinski definition) is 7. The third kappa shape index (κ3) is 51.1. The highest BCUT2D eigenvalue weighted by Gasteiger charge is 2.27. The van der Waals surface area contributed by atoms with E-state index in [0.717, 1.165) is 77.0 Å².